The average molecular weight is 342 g/mol. The van der Waals surface area contributed by atoms with E-state index in [1.165, 1.54) is 0 Å². The SMILES string of the molecule is CC(C)(C)OC(=O)N1CCC(Oc2ccc(Br)cc2)C1. The number of rotatable bonds is 2. The van der Waals surface area contributed by atoms with Gasteiger partial charge < -0.3 is 14.4 Å². The topological polar surface area (TPSA) is 38.8 Å². The minimum Gasteiger partial charge on any atom is -0.489 e. The van der Waals surface area contributed by atoms with Gasteiger partial charge in [0.15, 0.2) is 0 Å². The van der Waals surface area contributed by atoms with Gasteiger partial charge in [0.2, 0.25) is 0 Å². The quantitative estimate of drug-likeness (QED) is 0.820. The van der Waals surface area contributed by atoms with Crippen LogP contribution in [0.15, 0.2) is 28.7 Å². The van der Waals surface area contributed by atoms with E-state index in [0.29, 0.717) is 13.1 Å². The van der Waals surface area contributed by atoms with Crippen LogP contribution in [0.1, 0.15) is 27.2 Å². The summed E-state index contributed by atoms with van der Waals surface area (Å²) in [6.45, 7) is 6.87. The normalized spacial score (nSPS) is 19.0. The third-order valence-electron chi connectivity index (χ3n) is 2.91. The Morgan fingerprint density at radius 1 is 1.30 bits per heavy atom. The molecule has 0 radical (unpaired) electrons. The molecule has 1 aliphatic heterocycles. The van der Waals surface area contributed by atoms with Gasteiger partial charge in [-0.1, -0.05) is 15.9 Å². The van der Waals surface area contributed by atoms with Crippen molar-refractivity contribution >= 4 is 22.0 Å². The van der Waals surface area contributed by atoms with Crippen molar-refractivity contribution in [1.82, 2.24) is 4.90 Å². The van der Waals surface area contributed by atoms with Crippen LogP contribution in [0.4, 0.5) is 4.79 Å². The minimum atomic E-state index is -0.457. The summed E-state index contributed by atoms with van der Waals surface area (Å²) in [5.74, 6) is 0.823. The maximum absolute atomic E-state index is 11.9. The van der Waals surface area contributed by atoms with Crippen molar-refractivity contribution in [3.8, 4) is 5.75 Å². The number of nitrogens with zero attached hydrogens (tertiary/aromatic N) is 1. The highest BCUT2D eigenvalue weighted by Crippen LogP contribution is 2.22. The highest BCUT2D eigenvalue weighted by atomic mass is 79.9. The molecule has 0 aromatic heterocycles. The van der Waals surface area contributed by atoms with Crippen molar-refractivity contribution in [2.45, 2.75) is 38.9 Å². The lowest BCUT2D eigenvalue weighted by atomic mass is 10.2. The Bertz CT molecular complexity index is 467. The summed E-state index contributed by atoms with van der Waals surface area (Å²) >= 11 is 3.39. The van der Waals surface area contributed by atoms with Crippen LogP contribution in [-0.4, -0.2) is 35.8 Å². The lowest BCUT2D eigenvalue weighted by molar-refractivity contribution is 0.0275. The summed E-state index contributed by atoms with van der Waals surface area (Å²) in [6.07, 6.45) is 0.595. The molecule has 2 rings (SSSR count). The maximum Gasteiger partial charge on any atom is 0.410 e. The van der Waals surface area contributed by atoms with Gasteiger partial charge in [-0.2, -0.15) is 0 Å². The van der Waals surface area contributed by atoms with Crippen LogP contribution in [0.25, 0.3) is 0 Å². The van der Waals surface area contributed by atoms with Crippen LogP contribution < -0.4 is 4.74 Å². The summed E-state index contributed by atoms with van der Waals surface area (Å²) in [5.41, 5.74) is -0.457. The predicted molar refractivity (Wildman–Crippen MR) is 81.0 cm³/mol. The van der Waals surface area contributed by atoms with Gasteiger partial charge in [-0.25, -0.2) is 4.79 Å². The fraction of sp³-hybridized carbons (Fsp3) is 0.533. The first-order chi connectivity index (χ1) is 9.33. The molecule has 0 bridgehead atoms. The summed E-state index contributed by atoms with van der Waals surface area (Å²) in [5, 5.41) is 0. The van der Waals surface area contributed by atoms with Crippen LogP contribution in [0.2, 0.25) is 0 Å². The predicted octanol–water partition coefficient (Wildman–Crippen LogP) is 3.84. The summed E-state index contributed by atoms with van der Waals surface area (Å²) in [7, 11) is 0. The molecule has 20 heavy (non-hydrogen) atoms. The van der Waals surface area contributed by atoms with E-state index in [9.17, 15) is 4.79 Å². The molecule has 1 aromatic rings. The van der Waals surface area contributed by atoms with Crippen molar-refractivity contribution in [2.75, 3.05) is 13.1 Å². The Kier molecular flexibility index (Phi) is 4.58. The van der Waals surface area contributed by atoms with Gasteiger partial charge in [0.05, 0.1) is 6.54 Å². The van der Waals surface area contributed by atoms with Crippen molar-refractivity contribution < 1.29 is 14.3 Å². The lowest BCUT2D eigenvalue weighted by Gasteiger charge is -2.24. The van der Waals surface area contributed by atoms with Crippen LogP contribution in [0.5, 0.6) is 5.75 Å². The van der Waals surface area contributed by atoms with Gasteiger partial charge >= 0.3 is 6.09 Å². The number of hydrogen-bond acceptors (Lipinski definition) is 3. The highest BCUT2D eigenvalue weighted by molar-refractivity contribution is 9.10. The fourth-order valence-corrected chi connectivity index (χ4v) is 2.29. The number of hydrogen-bond donors (Lipinski definition) is 0. The maximum atomic E-state index is 11.9. The van der Waals surface area contributed by atoms with E-state index < -0.39 is 5.60 Å². The number of likely N-dealkylation sites (tertiary alicyclic amines) is 1. The molecular weight excluding hydrogens is 322 g/mol. The summed E-state index contributed by atoms with van der Waals surface area (Å²) in [4.78, 5) is 13.6. The molecule has 1 aliphatic rings. The van der Waals surface area contributed by atoms with E-state index in [-0.39, 0.29) is 12.2 Å². The molecule has 1 amide bonds. The Balaban J connectivity index is 1.86. The van der Waals surface area contributed by atoms with Crippen LogP contribution in [0, 0.1) is 0 Å². The molecule has 1 heterocycles. The Hall–Kier alpha value is -1.23. The smallest absolute Gasteiger partial charge is 0.410 e. The van der Waals surface area contributed by atoms with E-state index >= 15 is 0 Å². The van der Waals surface area contributed by atoms with E-state index in [2.05, 4.69) is 15.9 Å². The number of amides is 1. The van der Waals surface area contributed by atoms with Gasteiger partial charge in [-0.3, -0.25) is 0 Å². The average Bonchev–Trinajstić information content (AvgIpc) is 2.79. The van der Waals surface area contributed by atoms with Gasteiger partial charge in [0.25, 0.3) is 0 Å². The Morgan fingerprint density at radius 3 is 2.55 bits per heavy atom. The first-order valence-electron chi connectivity index (χ1n) is 6.74. The van der Waals surface area contributed by atoms with Gasteiger partial charge in [-0.15, -0.1) is 0 Å². The monoisotopic (exact) mass is 341 g/mol. The number of benzene rings is 1. The molecule has 1 fully saturated rings. The van der Waals surface area contributed by atoms with Crippen LogP contribution in [0.3, 0.4) is 0 Å². The lowest BCUT2D eigenvalue weighted by Crippen LogP contribution is -2.36. The van der Waals surface area contributed by atoms with Gasteiger partial charge in [0, 0.05) is 17.4 Å². The van der Waals surface area contributed by atoms with Crippen LogP contribution >= 0.6 is 15.9 Å². The molecule has 1 atom stereocenters. The molecule has 0 N–H and O–H groups in total. The molecule has 1 saturated heterocycles. The summed E-state index contributed by atoms with van der Waals surface area (Å²) in [6, 6.07) is 7.71. The van der Waals surface area contributed by atoms with Crippen molar-refractivity contribution in [3.63, 3.8) is 0 Å². The third kappa shape index (κ3) is 4.40. The molecule has 0 saturated carbocycles. The minimum absolute atomic E-state index is 0.0312. The second-order valence-corrected chi connectivity index (χ2v) is 6.82. The van der Waals surface area contributed by atoms with Crippen molar-refractivity contribution in [2.24, 2.45) is 0 Å². The Labute approximate surface area is 128 Å². The van der Waals surface area contributed by atoms with Gasteiger partial charge in [-0.05, 0) is 45.0 Å². The van der Waals surface area contributed by atoms with E-state index in [1.54, 1.807) is 4.90 Å². The standard InChI is InChI=1S/C15H20BrNO3/c1-15(2,3)20-14(18)17-9-8-13(10-17)19-12-6-4-11(16)5-7-12/h4-7,13H,8-10H2,1-3H3. The van der Waals surface area contributed by atoms with E-state index in [0.717, 1.165) is 16.6 Å². The zero-order valence-electron chi connectivity index (χ0n) is 12.1. The number of carbonyl (C=O) groups is 1. The van der Waals surface area contributed by atoms with Crippen molar-refractivity contribution in [3.05, 3.63) is 28.7 Å². The molecule has 4 nitrogen and oxygen atoms in total. The first kappa shape index (κ1) is 15.2. The highest BCUT2D eigenvalue weighted by Gasteiger charge is 2.30. The molecule has 1 aromatic carbocycles. The molecule has 5 heteroatoms. The van der Waals surface area contributed by atoms with Crippen LogP contribution in [-0.2, 0) is 4.74 Å². The molecular formula is C15H20BrNO3. The molecule has 1 unspecified atom stereocenters. The van der Waals surface area contributed by atoms with Gasteiger partial charge in [0.1, 0.15) is 17.5 Å². The number of carbonyl (C=O) groups excluding carboxylic acids is 1. The second-order valence-electron chi connectivity index (χ2n) is 5.91. The van der Waals surface area contributed by atoms with Crippen molar-refractivity contribution in [1.29, 1.82) is 0 Å². The zero-order valence-corrected chi connectivity index (χ0v) is 13.6. The molecule has 110 valence electrons. The molecule has 0 spiro atoms. The largest absolute Gasteiger partial charge is 0.489 e. The van der Waals surface area contributed by atoms with E-state index in [1.807, 2.05) is 45.0 Å². The third-order valence-corrected chi connectivity index (χ3v) is 3.44. The summed E-state index contributed by atoms with van der Waals surface area (Å²) < 4.78 is 12.3. The first-order valence-corrected chi connectivity index (χ1v) is 7.53. The number of ether oxygens (including phenoxy) is 2. The second kappa shape index (κ2) is 6.04. The zero-order chi connectivity index (χ0) is 14.8. The molecule has 0 aliphatic carbocycles. The van der Waals surface area contributed by atoms with E-state index in [4.69, 9.17) is 9.47 Å². The fourth-order valence-electron chi connectivity index (χ4n) is 2.02. The Morgan fingerprint density at radius 2 is 1.95 bits per heavy atom. The number of halogens is 1.